The van der Waals surface area contributed by atoms with Crippen molar-refractivity contribution in [3.8, 4) is 0 Å². The summed E-state index contributed by atoms with van der Waals surface area (Å²) in [6.45, 7) is 2.16. The standard InChI is InChI=1S/C15H22N2OS/c1-16-9-7-13(8-10-16)17(2)15(18)11-12-3-5-14(19)6-4-12/h3-6,13,19H,7-11H2,1-2H3. The van der Waals surface area contributed by atoms with Gasteiger partial charge in [-0.05, 0) is 50.7 Å². The van der Waals surface area contributed by atoms with E-state index in [2.05, 4.69) is 24.6 Å². The molecule has 1 aliphatic rings. The molecule has 0 unspecified atom stereocenters. The molecule has 0 saturated carbocycles. The zero-order chi connectivity index (χ0) is 13.8. The average molecular weight is 278 g/mol. The fraction of sp³-hybridized carbons (Fsp3) is 0.533. The summed E-state index contributed by atoms with van der Waals surface area (Å²) in [5.74, 6) is 0.210. The molecule has 0 atom stereocenters. The first kappa shape index (κ1) is 14.4. The monoisotopic (exact) mass is 278 g/mol. The maximum absolute atomic E-state index is 12.3. The Balaban J connectivity index is 1.90. The molecule has 0 aromatic heterocycles. The Morgan fingerprint density at radius 3 is 2.47 bits per heavy atom. The van der Waals surface area contributed by atoms with Crippen molar-refractivity contribution in [2.24, 2.45) is 0 Å². The van der Waals surface area contributed by atoms with E-state index in [1.165, 1.54) is 0 Å². The number of amides is 1. The number of benzene rings is 1. The Hall–Kier alpha value is -1.00. The van der Waals surface area contributed by atoms with E-state index in [-0.39, 0.29) is 5.91 Å². The zero-order valence-electron chi connectivity index (χ0n) is 11.7. The summed E-state index contributed by atoms with van der Waals surface area (Å²) < 4.78 is 0. The van der Waals surface area contributed by atoms with Crippen molar-refractivity contribution in [3.63, 3.8) is 0 Å². The Kier molecular flexibility index (Phi) is 4.88. The van der Waals surface area contributed by atoms with Crippen LogP contribution in [0.15, 0.2) is 29.2 Å². The molecule has 1 fully saturated rings. The van der Waals surface area contributed by atoms with Crippen LogP contribution in [-0.4, -0.2) is 48.9 Å². The van der Waals surface area contributed by atoms with Gasteiger partial charge in [0.05, 0.1) is 6.42 Å². The van der Waals surface area contributed by atoms with Gasteiger partial charge in [0.25, 0.3) is 0 Å². The Morgan fingerprint density at radius 1 is 1.32 bits per heavy atom. The molecule has 1 aromatic carbocycles. The highest BCUT2D eigenvalue weighted by Crippen LogP contribution is 2.16. The summed E-state index contributed by atoms with van der Waals surface area (Å²) in [4.78, 5) is 17.5. The first-order chi connectivity index (χ1) is 9.06. The van der Waals surface area contributed by atoms with E-state index in [9.17, 15) is 4.79 Å². The van der Waals surface area contributed by atoms with Gasteiger partial charge in [0.1, 0.15) is 0 Å². The van der Waals surface area contributed by atoms with E-state index in [1.807, 2.05) is 36.2 Å². The van der Waals surface area contributed by atoms with Gasteiger partial charge in [-0.3, -0.25) is 4.79 Å². The molecule has 3 nitrogen and oxygen atoms in total. The molecule has 0 N–H and O–H groups in total. The molecule has 1 saturated heterocycles. The van der Waals surface area contributed by atoms with Gasteiger partial charge >= 0.3 is 0 Å². The molecule has 19 heavy (non-hydrogen) atoms. The number of hydrogen-bond acceptors (Lipinski definition) is 3. The first-order valence-corrected chi connectivity index (χ1v) is 7.23. The predicted octanol–water partition coefficient (Wildman–Crippen LogP) is 2.07. The number of hydrogen-bond donors (Lipinski definition) is 1. The summed E-state index contributed by atoms with van der Waals surface area (Å²) in [6.07, 6.45) is 2.64. The maximum Gasteiger partial charge on any atom is 0.226 e. The summed E-state index contributed by atoms with van der Waals surface area (Å²) in [5, 5.41) is 0. The molecule has 1 aliphatic heterocycles. The van der Waals surface area contributed by atoms with Crippen molar-refractivity contribution >= 4 is 18.5 Å². The van der Waals surface area contributed by atoms with Crippen LogP contribution in [-0.2, 0) is 11.2 Å². The highest BCUT2D eigenvalue weighted by atomic mass is 32.1. The quantitative estimate of drug-likeness (QED) is 0.856. The van der Waals surface area contributed by atoms with E-state index >= 15 is 0 Å². The molecule has 0 aliphatic carbocycles. The normalized spacial score (nSPS) is 17.4. The van der Waals surface area contributed by atoms with Gasteiger partial charge in [-0.25, -0.2) is 0 Å². The molecule has 4 heteroatoms. The number of thiol groups is 1. The Labute approximate surface area is 121 Å². The van der Waals surface area contributed by atoms with Crippen LogP contribution < -0.4 is 0 Å². The molecule has 104 valence electrons. The van der Waals surface area contributed by atoms with E-state index in [1.54, 1.807) is 0 Å². The molecule has 1 heterocycles. The molecule has 2 rings (SSSR count). The Bertz CT molecular complexity index is 424. The lowest BCUT2D eigenvalue weighted by molar-refractivity contribution is -0.132. The predicted molar refractivity (Wildman–Crippen MR) is 80.7 cm³/mol. The van der Waals surface area contributed by atoms with Gasteiger partial charge in [-0.15, -0.1) is 12.6 Å². The lowest BCUT2D eigenvalue weighted by Crippen LogP contribution is -2.44. The summed E-state index contributed by atoms with van der Waals surface area (Å²) in [7, 11) is 4.07. The number of likely N-dealkylation sites (N-methyl/N-ethyl adjacent to an activating group) is 1. The summed E-state index contributed by atoms with van der Waals surface area (Å²) in [5.41, 5.74) is 1.06. The minimum Gasteiger partial charge on any atom is -0.342 e. The number of rotatable bonds is 3. The van der Waals surface area contributed by atoms with Gasteiger partial charge in [-0.1, -0.05) is 12.1 Å². The van der Waals surface area contributed by atoms with Gasteiger partial charge in [0.2, 0.25) is 5.91 Å². The third-order valence-electron chi connectivity index (χ3n) is 3.92. The lowest BCUT2D eigenvalue weighted by atomic mass is 10.0. The minimum absolute atomic E-state index is 0.210. The van der Waals surface area contributed by atoms with Crippen LogP contribution in [0.3, 0.4) is 0 Å². The molecule has 0 bridgehead atoms. The second kappa shape index (κ2) is 6.44. The maximum atomic E-state index is 12.3. The highest BCUT2D eigenvalue weighted by molar-refractivity contribution is 7.80. The van der Waals surface area contributed by atoms with Crippen molar-refractivity contribution in [2.45, 2.75) is 30.2 Å². The van der Waals surface area contributed by atoms with Crippen LogP contribution in [0.2, 0.25) is 0 Å². The van der Waals surface area contributed by atoms with Crippen LogP contribution in [0.1, 0.15) is 18.4 Å². The summed E-state index contributed by atoms with van der Waals surface area (Å²) in [6, 6.07) is 8.21. The first-order valence-electron chi connectivity index (χ1n) is 6.78. The second-order valence-electron chi connectivity index (χ2n) is 5.38. The van der Waals surface area contributed by atoms with Crippen LogP contribution in [0, 0.1) is 0 Å². The Morgan fingerprint density at radius 2 is 1.89 bits per heavy atom. The van der Waals surface area contributed by atoms with Crippen molar-refractivity contribution in [3.05, 3.63) is 29.8 Å². The highest BCUT2D eigenvalue weighted by Gasteiger charge is 2.23. The number of carbonyl (C=O) groups excluding carboxylic acids is 1. The van der Waals surface area contributed by atoms with Crippen LogP contribution in [0.4, 0.5) is 0 Å². The van der Waals surface area contributed by atoms with Gasteiger partial charge in [-0.2, -0.15) is 0 Å². The largest absolute Gasteiger partial charge is 0.342 e. The molecule has 0 radical (unpaired) electrons. The van der Waals surface area contributed by atoms with Gasteiger partial charge in [0.15, 0.2) is 0 Å². The van der Waals surface area contributed by atoms with Crippen molar-refractivity contribution in [1.29, 1.82) is 0 Å². The van der Waals surface area contributed by atoms with Crippen molar-refractivity contribution < 1.29 is 4.79 Å². The summed E-state index contributed by atoms with van der Waals surface area (Å²) >= 11 is 4.25. The lowest BCUT2D eigenvalue weighted by Gasteiger charge is -2.35. The SMILES string of the molecule is CN1CCC(N(C)C(=O)Cc2ccc(S)cc2)CC1. The molecule has 1 aromatic rings. The molecular weight excluding hydrogens is 256 g/mol. The number of piperidine rings is 1. The third kappa shape index (κ3) is 3.98. The smallest absolute Gasteiger partial charge is 0.226 e. The van der Waals surface area contributed by atoms with Crippen molar-refractivity contribution in [2.75, 3.05) is 27.2 Å². The van der Waals surface area contributed by atoms with Gasteiger partial charge in [0, 0.05) is 18.0 Å². The van der Waals surface area contributed by atoms with Crippen LogP contribution >= 0.6 is 12.6 Å². The topological polar surface area (TPSA) is 23.6 Å². The number of likely N-dealkylation sites (tertiary alicyclic amines) is 1. The molecule has 1 amide bonds. The number of carbonyl (C=O) groups is 1. The second-order valence-corrected chi connectivity index (χ2v) is 5.90. The van der Waals surface area contributed by atoms with Crippen LogP contribution in [0.25, 0.3) is 0 Å². The number of nitrogens with zero attached hydrogens (tertiary/aromatic N) is 2. The molecular formula is C15H22N2OS. The minimum atomic E-state index is 0.210. The third-order valence-corrected chi connectivity index (χ3v) is 4.22. The van der Waals surface area contributed by atoms with E-state index in [4.69, 9.17) is 0 Å². The van der Waals surface area contributed by atoms with Crippen molar-refractivity contribution in [1.82, 2.24) is 9.80 Å². The average Bonchev–Trinajstić information content (AvgIpc) is 2.41. The molecule has 0 spiro atoms. The fourth-order valence-electron chi connectivity index (χ4n) is 2.50. The van der Waals surface area contributed by atoms with E-state index in [0.717, 1.165) is 36.4 Å². The zero-order valence-corrected chi connectivity index (χ0v) is 12.6. The van der Waals surface area contributed by atoms with Gasteiger partial charge < -0.3 is 9.80 Å². The van der Waals surface area contributed by atoms with E-state index < -0.39 is 0 Å². The fourth-order valence-corrected chi connectivity index (χ4v) is 2.65. The van der Waals surface area contributed by atoms with Crippen LogP contribution in [0.5, 0.6) is 0 Å². The van der Waals surface area contributed by atoms with E-state index in [0.29, 0.717) is 12.5 Å².